The second-order valence-corrected chi connectivity index (χ2v) is 5.77. The maximum absolute atomic E-state index is 11.0. The maximum Gasteiger partial charge on any atom is 0.307 e. The number of hydrogen-bond donors (Lipinski definition) is 2. The lowest BCUT2D eigenvalue weighted by molar-refractivity contribution is -0.136. The Labute approximate surface area is 140 Å². The predicted molar refractivity (Wildman–Crippen MR) is 94.1 cm³/mol. The third-order valence-electron chi connectivity index (χ3n) is 3.91. The molecule has 0 saturated heterocycles. The normalized spacial score (nSPS) is 10.6. The molecule has 3 aromatic rings. The second-order valence-electron chi connectivity index (χ2n) is 5.77. The van der Waals surface area contributed by atoms with Gasteiger partial charge in [-0.25, -0.2) is 4.68 Å². The van der Waals surface area contributed by atoms with Gasteiger partial charge in [-0.2, -0.15) is 5.10 Å². The summed E-state index contributed by atoms with van der Waals surface area (Å²) in [6.07, 6.45) is 1.94. The Morgan fingerprint density at radius 1 is 1.12 bits per heavy atom. The lowest BCUT2D eigenvalue weighted by Gasteiger charge is -2.11. The molecule has 0 atom stereocenters. The van der Waals surface area contributed by atoms with Gasteiger partial charge in [0.15, 0.2) is 5.82 Å². The van der Waals surface area contributed by atoms with Crippen molar-refractivity contribution in [2.75, 3.05) is 5.32 Å². The summed E-state index contributed by atoms with van der Waals surface area (Å²) in [6.45, 7) is 3.86. The third-order valence-corrected chi connectivity index (χ3v) is 3.91. The molecule has 1 heterocycles. The van der Waals surface area contributed by atoms with Gasteiger partial charge in [-0.3, -0.25) is 4.79 Å². The van der Waals surface area contributed by atoms with E-state index in [2.05, 4.69) is 10.4 Å². The molecule has 2 N–H and O–H groups in total. The number of carboxylic acid groups (broad SMARTS) is 1. The summed E-state index contributed by atoms with van der Waals surface area (Å²) in [7, 11) is 0. The van der Waals surface area contributed by atoms with Gasteiger partial charge in [-0.1, -0.05) is 18.2 Å². The Morgan fingerprint density at radius 3 is 2.42 bits per heavy atom. The van der Waals surface area contributed by atoms with Crippen molar-refractivity contribution in [2.45, 2.75) is 20.3 Å². The number of carboxylic acids is 1. The van der Waals surface area contributed by atoms with Crippen molar-refractivity contribution in [1.82, 2.24) is 9.78 Å². The van der Waals surface area contributed by atoms with E-state index >= 15 is 0 Å². The molecule has 3 rings (SSSR count). The van der Waals surface area contributed by atoms with Crippen molar-refractivity contribution in [3.63, 3.8) is 0 Å². The van der Waals surface area contributed by atoms with Crippen LogP contribution in [0.5, 0.6) is 0 Å². The number of anilines is 2. The Morgan fingerprint density at radius 2 is 1.79 bits per heavy atom. The molecular weight excluding hydrogens is 302 g/mol. The fourth-order valence-electron chi connectivity index (χ4n) is 2.76. The molecule has 5 heteroatoms. The van der Waals surface area contributed by atoms with Crippen LogP contribution < -0.4 is 5.32 Å². The molecule has 0 radical (unpaired) electrons. The largest absolute Gasteiger partial charge is 0.481 e. The molecular formula is C19H19N3O2. The van der Waals surface area contributed by atoms with E-state index in [1.807, 2.05) is 68.6 Å². The van der Waals surface area contributed by atoms with Crippen LogP contribution in [0.2, 0.25) is 0 Å². The molecule has 0 unspecified atom stereocenters. The van der Waals surface area contributed by atoms with Crippen LogP contribution in [0, 0.1) is 13.8 Å². The Bertz CT molecular complexity index is 846. The first-order valence-corrected chi connectivity index (χ1v) is 7.73. The minimum atomic E-state index is -0.816. The third kappa shape index (κ3) is 3.46. The SMILES string of the molecule is Cc1cc(Nc2ccn(-c3ccccc3)n2)cc(C)c1CC(=O)O. The van der Waals surface area contributed by atoms with E-state index in [0.29, 0.717) is 0 Å². The number of nitrogens with one attached hydrogen (secondary N) is 1. The van der Waals surface area contributed by atoms with Gasteiger partial charge in [-0.15, -0.1) is 0 Å². The van der Waals surface area contributed by atoms with Gasteiger partial charge in [0, 0.05) is 18.0 Å². The molecule has 2 aromatic carbocycles. The Hall–Kier alpha value is -3.08. The molecule has 122 valence electrons. The molecule has 0 bridgehead atoms. The highest BCUT2D eigenvalue weighted by Crippen LogP contribution is 2.23. The van der Waals surface area contributed by atoms with Crippen molar-refractivity contribution >= 4 is 17.5 Å². The number of aliphatic carboxylic acids is 1. The van der Waals surface area contributed by atoms with Crippen LogP contribution in [0.1, 0.15) is 16.7 Å². The van der Waals surface area contributed by atoms with Crippen molar-refractivity contribution in [3.8, 4) is 5.69 Å². The highest BCUT2D eigenvalue weighted by Gasteiger charge is 2.10. The van der Waals surface area contributed by atoms with Gasteiger partial charge in [0.2, 0.25) is 0 Å². The van der Waals surface area contributed by atoms with Crippen LogP contribution in [0.15, 0.2) is 54.7 Å². The molecule has 0 amide bonds. The van der Waals surface area contributed by atoms with E-state index in [4.69, 9.17) is 5.11 Å². The molecule has 0 aliphatic heterocycles. The van der Waals surface area contributed by atoms with Gasteiger partial charge in [0.1, 0.15) is 0 Å². The van der Waals surface area contributed by atoms with E-state index in [1.54, 1.807) is 4.68 Å². The number of carbonyl (C=O) groups is 1. The second kappa shape index (κ2) is 6.58. The van der Waals surface area contributed by atoms with Crippen LogP contribution in [0.4, 0.5) is 11.5 Å². The van der Waals surface area contributed by atoms with Crippen LogP contribution in [-0.2, 0) is 11.2 Å². The molecule has 1 aromatic heterocycles. The van der Waals surface area contributed by atoms with E-state index in [9.17, 15) is 4.79 Å². The first-order valence-electron chi connectivity index (χ1n) is 7.73. The summed E-state index contributed by atoms with van der Waals surface area (Å²) in [5.41, 5.74) is 4.68. The summed E-state index contributed by atoms with van der Waals surface area (Å²) in [4.78, 5) is 11.0. The lowest BCUT2D eigenvalue weighted by Crippen LogP contribution is -2.05. The quantitative estimate of drug-likeness (QED) is 0.749. The van der Waals surface area contributed by atoms with E-state index in [1.165, 1.54) is 0 Å². The zero-order valence-corrected chi connectivity index (χ0v) is 13.7. The number of benzene rings is 2. The molecule has 5 nitrogen and oxygen atoms in total. The highest BCUT2D eigenvalue weighted by molar-refractivity contribution is 5.72. The van der Waals surface area contributed by atoms with Crippen molar-refractivity contribution < 1.29 is 9.90 Å². The molecule has 0 saturated carbocycles. The predicted octanol–water partition coefficient (Wildman–Crippen LogP) is 3.86. The van der Waals surface area contributed by atoms with E-state index < -0.39 is 5.97 Å². The van der Waals surface area contributed by atoms with Crippen LogP contribution in [0.3, 0.4) is 0 Å². The molecule has 0 aliphatic rings. The van der Waals surface area contributed by atoms with Crippen LogP contribution in [0.25, 0.3) is 5.69 Å². The fourth-order valence-corrected chi connectivity index (χ4v) is 2.76. The number of para-hydroxylation sites is 1. The van der Waals surface area contributed by atoms with Crippen LogP contribution >= 0.6 is 0 Å². The van der Waals surface area contributed by atoms with Crippen LogP contribution in [-0.4, -0.2) is 20.9 Å². The van der Waals surface area contributed by atoms with Crippen molar-refractivity contribution in [2.24, 2.45) is 0 Å². The first kappa shape index (κ1) is 15.8. The number of hydrogen-bond acceptors (Lipinski definition) is 3. The summed E-state index contributed by atoms with van der Waals surface area (Å²) < 4.78 is 1.81. The summed E-state index contributed by atoms with van der Waals surface area (Å²) in [5, 5.41) is 16.8. The average Bonchev–Trinajstić information content (AvgIpc) is 3.00. The lowest BCUT2D eigenvalue weighted by atomic mass is 9.99. The summed E-state index contributed by atoms with van der Waals surface area (Å²) >= 11 is 0. The number of nitrogens with zero attached hydrogens (tertiary/aromatic N) is 2. The standard InChI is InChI=1S/C19H19N3O2/c1-13-10-15(11-14(2)17(13)12-19(23)24)20-18-8-9-22(21-18)16-6-4-3-5-7-16/h3-11H,12H2,1-2H3,(H,20,21)(H,23,24). The number of rotatable bonds is 5. The molecule has 0 spiro atoms. The topological polar surface area (TPSA) is 67.2 Å². The van der Waals surface area contributed by atoms with Crippen molar-refractivity contribution in [3.05, 3.63) is 71.4 Å². The fraction of sp³-hybridized carbons (Fsp3) is 0.158. The number of aryl methyl sites for hydroxylation is 2. The Kier molecular flexibility index (Phi) is 4.33. The van der Waals surface area contributed by atoms with Gasteiger partial charge >= 0.3 is 5.97 Å². The Balaban J connectivity index is 1.82. The van der Waals surface area contributed by atoms with Gasteiger partial charge in [0.25, 0.3) is 0 Å². The maximum atomic E-state index is 11.0. The monoisotopic (exact) mass is 321 g/mol. The average molecular weight is 321 g/mol. The summed E-state index contributed by atoms with van der Waals surface area (Å²) in [6, 6.07) is 15.7. The number of aromatic nitrogens is 2. The molecule has 24 heavy (non-hydrogen) atoms. The smallest absolute Gasteiger partial charge is 0.307 e. The molecule has 0 aliphatic carbocycles. The molecule has 0 fully saturated rings. The summed E-state index contributed by atoms with van der Waals surface area (Å²) in [5.74, 6) is -0.0767. The van der Waals surface area contributed by atoms with E-state index in [0.717, 1.165) is 33.9 Å². The zero-order chi connectivity index (χ0) is 17.1. The first-order chi connectivity index (χ1) is 11.5. The minimum absolute atomic E-state index is 0.0422. The highest BCUT2D eigenvalue weighted by atomic mass is 16.4. The van der Waals surface area contributed by atoms with Gasteiger partial charge < -0.3 is 10.4 Å². The van der Waals surface area contributed by atoms with Gasteiger partial charge in [0.05, 0.1) is 12.1 Å². The van der Waals surface area contributed by atoms with Gasteiger partial charge in [-0.05, 0) is 54.8 Å². The minimum Gasteiger partial charge on any atom is -0.481 e. The van der Waals surface area contributed by atoms with E-state index in [-0.39, 0.29) is 6.42 Å². The zero-order valence-electron chi connectivity index (χ0n) is 13.7. The van der Waals surface area contributed by atoms with Crippen molar-refractivity contribution in [1.29, 1.82) is 0 Å².